The molecule has 0 atom stereocenters. The lowest BCUT2D eigenvalue weighted by Crippen LogP contribution is -1.84. The second-order valence-electron chi connectivity index (χ2n) is 3.27. The number of oxime groups is 1. The van der Waals surface area contributed by atoms with Crippen LogP contribution in [0.25, 0.3) is 0 Å². The number of aromatic nitrogens is 1. The third kappa shape index (κ3) is 6.63. The Morgan fingerprint density at radius 1 is 1.53 bits per heavy atom. The van der Waals surface area contributed by atoms with Crippen LogP contribution >= 0.6 is 23.1 Å². The minimum absolute atomic E-state index is 0.239. The molecule has 0 radical (unpaired) electrons. The van der Waals surface area contributed by atoms with Gasteiger partial charge in [-0.25, -0.2) is 9.37 Å². The maximum absolute atomic E-state index is 12.5. The molecule has 0 fully saturated rings. The molecule has 1 aromatic rings. The molecule has 1 aromatic heterocycles. The van der Waals surface area contributed by atoms with Crippen LogP contribution in [0.3, 0.4) is 0 Å². The fourth-order valence-corrected chi connectivity index (χ4v) is 3.01. The molecule has 1 heterocycles. The van der Waals surface area contributed by atoms with Crippen molar-refractivity contribution in [2.75, 3.05) is 12.4 Å². The fourth-order valence-electron chi connectivity index (χ4n) is 1.03. The van der Waals surface area contributed by atoms with Gasteiger partial charge in [-0.2, -0.15) is 8.78 Å². The largest absolute Gasteiger partial charge is 0.396 e. The standard InChI is InChI=1S/C11H13F3N2OS2/c1-2-17-16-5-3-8-7-15-11(19-8)18-6-4-9(12)10(13)14/h5,7H,2-4,6H2,1H3/b16-5+. The number of halogens is 3. The van der Waals surface area contributed by atoms with E-state index < -0.39 is 11.9 Å². The Bertz CT molecular complexity index is 445. The Morgan fingerprint density at radius 3 is 3.00 bits per heavy atom. The molecular weight excluding hydrogens is 297 g/mol. The molecule has 0 saturated carbocycles. The van der Waals surface area contributed by atoms with Crippen molar-refractivity contribution in [3.63, 3.8) is 0 Å². The van der Waals surface area contributed by atoms with Crippen LogP contribution in [-0.2, 0) is 11.3 Å². The van der Waals surface area contributed by atoms with Gasteiger partial charge in [0.1, 0.15) is 10.9 Å². The van der Waals surface area contributed by atoms with Crippen molar-refractivity contribution in [1.82, 2.24) is 4.98 Å². The topological polar surface area (TPSA) is 34.5 Å². The van der Waals surface area contributed by atoms with Crippen LogP contribution < -0.4 is 0 Å². The van der Waals surface area contributed by atoms with Gasteiger partial charge in [-0.1, -0.05) is 16.9 Å². The third-order valence-electron chi connectivity index (χ3n) is 1.86. The minimum Gasteiger partial charge on any atom is -0.396 e. The number of hydrogen-bond donors (Lipinski definition) is 0. The molecule has 0 aliphatic rings. The van der Waals surface area contributed by atoms with Crippen LogP contribution in [0, 0.1) is 0 Å². The highest BCUT2D eigenvalue weighted by atomic mass is 32.2. The third-order valence-corrected chi connectivity index (χ3v) is 4.03. The van der Waals surface area contributed by atoms with Gasteiger partial charge in [0.15, 0.2) is 5.83 Å². The first kappa shape index (κ1) is 16.0. The molecule has 0 N–H and O–H groups in total. The monoisotopic (exact) mass is 310 g/mol. The molecule has 0 aromatic carbocycles. The van der Waals surface area contributed by atoms with Gasteiger partial charge in [-0.3, -0.25) is 0 Å². The molecule has 0 aliphatic heterocycles. The molecule has 1 rings (SSSR count). The summed E-state index contributed by atoms with van der Waals surface area (Å²) in [6, 6.07) is 0. The van der Waals surface area contributed by atoms with Crippen LogP contribution in [-0.4, -0.2) is 23.6 Å². The SMILES string of the molecule is CCO/N=C/Cc1cnc(SCCC(F)=C(F)F)s1. The molecule has 0 aliphatic carbocycles. The minimum atomic E-state index is -2.24. The second-order valence-corrected chi connectivity index (χ2v) is 5.72. The Morgan fingerprint density at radius 2 is 2.32 bits per heavy atom. The van der Waals surface area contributed by atoms with Crippen molar-refractivity contribution >= 4 is 29.3 Å². The van der Waals surface area contributed by atoms with Crippen LogP contribution in [0.5, 0.6) is 0 Å². The van der Waals surface area contributed by atoms with Crippen molar-refractivity contribution in [1.29, 1.82) is 0 Å². The number of nitrogens with zero attached hydrogens (tertiary/aromatic N) is 2. The van der Waals surface area contributed by atoms with E-state index in [1.807, 2.05) is 6.92 Å². The highest BCUT2D eigenvalue weighted by molar-refractivity contribution is 8.01. The van der Waals surface area contributed by atoms with E-state index in [2.05, 4.69) is 10.1 Å². The lowest BCUT2D eigenvalue weighted by Gasteiger charge is -1.95. The summed E-state index contributed by atoms with van der Waals surface area (Å²) >= 11 is 2.68. The van der Waals surface area contributed by atoms with E-state index in [1.54, 1.807) is 12.4 Å². The van der Waals surface area contributed by atoms with Gasteiger partial charge in [-0.05, 0) is 6.92 Å². The van der Waals surface area contributed by atoms with Crippen molar-refractivity contribution in [3.8, 4) is 0 Å². The maximum atomic E-state index is 12.5. The molecule has 0 bridgehead atoms. The average Bonchev–Trinajstić information content (AvgIpc) is 2.82. The van der Waals surface area contributed by atoms with Crippen LogP contribution in [0.4, 0.5) is 13.2 Å². The summed E-state index contributed by atoms with van der Waals surface area (Å²) in [4.78, 5) is 9.90. The first-order valence-electron chi connectivity index (χ1n) is 5.54. The number of allylic oxidation sites excluding steroid dienone is 1. The molecule has 3 nitrogen and oxygen atoms in total. The van der Waals surface area contributed by atoms with E-state index >= 15 is 0 Å². The average molecular weight is 310 g/mol. The first-order chi connectivity index (χ1) is 9.13. The Hall–Kier alpha value is -1.02. The maximum Gasteiger partial charge on any atom is 0.301 e. The predicted molar refractivity (Wildman–Crippen MR) is 71.6 cm³/mol. The van der Waals surface area contributed by atoms with Crippen LogP contribution in [0.15, 0.2) is 27.6 Å². The summed E-state index contributed by atoms with van der Waals surface area (Å²) in [5, 5.41) is 3.71. The van der Waals surface area contributed by atoms with Gasteiger partial charge in [0.05, 0.1) is 0 Å². The molecule has 0 amide bonds. The van der Waals surface area contributed by atoms with Crippen molar-refractivity contribution in [3.05, 3.63) is 23.0 Å². The predicted octanol–water partition coefficient (Wildman–Crippen LogP) is 4.27. The quantitative estimate of drug-likeness (QED) is 0.408. The van der Waals surface area contributed by atoms with Gasteiger partial charge < -0.3 is 4.84 Å². The number of rotatable bonds is 8. The summed E-state index contributed by atoms with van der Waals surface area (Å²) < 4.78 is 36.9. The molecular formula is C11H13F3N2OS2. The summed E-state index contributed by atoms with van der Waals surface area (Å²) in [5.41, 5.74) is 0. The Kier molecular flexibility index (Phi) is 7.57. The zero-order valence-corrected chi connectivity index (χ0v) is 11.9. The van der Waals surface area contributed by atoms with E-state index in [9.17, 15) is 13.2 Å². The number of thiazole rings is 1. The summed E-state index contributed by atoms with van der Waals surface area (Å²) in [5.74, 6) is -1.11. The fraction of sp³-hybridized carbons (Fsp3) is 0.455. The lowest BCUT2D eigenvalue weighted by molar-refractivity contribution is 0.160. The van der Waals surface area contributed by atoms with E-state index in [0.29, 0.717) is 13.0 Å². The van der Waals surface area contributed by atoms with Crippen molar-refractivity contribution in [2.24, 2.45) is 5.16 Å². The number of thioether (sulfide) groups is 1. The molecule has 106 valence electrons. The second kappa shape index (κ2) is 8.98. The van der Waals surface area contributed by atoms with E-state index in [1.165, 1.54) is 23.1 Å². The van der Waals surface area contributed by atoms with Crippen molar-refractivity contribution in [2.45, 2.75) is 24.1 Å². The van der Waals surface area contributed by atoms with E-state index in [4.69, 9.17) is 4.84 Å². The highest BCUT2D eigenvalue weighted by Gasteiger charge is 2.07. The van der Waals surface area contributed by atoms with E-state index in [-0.39, 0.29) is 12.2 Å². The van der Waals surface area contributed by atoms with Crippen LogP contribution in [0.1, 0.15) is 18.2 Å². The van der Waals surface area contributed by atoms with Crippen LogP contribution in [0.2, 0.25) is 0 Å². The zero-order valence-electron chi connectivity index (χ0n) is 10.2. The van der Waals surface area contributed by atoms with Gasteiger partial charge in [0.25, 0.3) is 0 Å². The normalized spacial score (nSPS) is 10.9. The lowest BCUT2D eigenvalue weighted by atomic mass is 10.4. The highest BCUT2D eigenvalue weighted by Crippen LogP contribution is 2.26. The van der Waals surface area contributed by atoms with Crippen molar-refractivity contribution < 1.29 is 18.0 Å². The molecule has 0 saturated heterocycles. The Labute approximate surface area is 117 Å². The smallest absolute Gasteiger partial charge is 0.301 e. The Balaban J connectivity index is 2.33. The van der Waals surface area contributed by atoms with Gasteiger partial charge in [-0.15, -0.1) is 11.3 Å². The summed E-state index contributed by atoms with van der Waals surface area (Å²) in [7, 11) is 0. The van der Waals surface area contributed by atoms with E-state index in [0.717, 1.165) is 9.22 Å². The molecule has 0 unspecified atom stereocenters. The first-order valence-corrected chi connectivity index (χ1v) is 7.34. The molecule has 19 heavy (non-hydrogen) atoms. The van der Waals surface area contributed by atoms with Gasteiger partial charge in [0.2, 0.25) is 0 Å². The zero-order chi connectivity index (χ0) is 14.1. The summed E-state index contributed by atoms with van der Waals surface area (Å²) in [6.45, 7) is 2.36. The van der Waals surface area contributed by atoms with Gasteiger partial charge >= 0.3 is 6.08 Å². The molecule has 8 heteroatoms. The van der Waals surface area contributed by atoms with Gasteiger partial charge in [0, 0.05) is 35.9 Å². The number of hydrogen-bond acceptors (Lipinski definition) is 5. The molecule has 0 spiro atoms. The summed E-state index contributed by atoms with van der Waals surface area (Å²) in [6.07, 6.45) is 1.39.